The largest absolute Gasteiger partial charge is 0.279 e. The van der Waals surface area contributed by atoms with E-state index >= 15 is 0 Å². The van der Waals surface area contributed by atoms with E-state index in [1.165, 1.54) is 15.6 Å². The molecule has 0 unspecified atom stereocenters. The summed E-state index contributed by atoms with van der Waals surface area (Å²) in [7, 11) is -3.55. The molecule has 144 valence electrons. The minimum absolute atomic E-state index is 0.263. The van der Waals surface area contributed by atoms with Crippen molar-refractivity contribution < 1.29 is 18.0 Å². The first kappa shape index (κ1) is 19.5. The van der Waals surface area contributed by atoms with Crippen molar-refractivity contribution in [3.8, 4) is 0 Å². The molecule has 7 nitrogen and oxygen atoms in total. The molecule has 1 aromatic heterocycles. The predicted octanol–water partition coefficient (Wildman–Crippen LogP) is 1.92. The molecule has 9 heteroatoms. The van der Waals surface area contributed by atoms with Gasteiger partial charge in [-0.1, -0.05) is 23.8 Å². The molecule has 0 bridgehead atoms. The second-order valence-electron chi connectivity index (χ2n) is 6.41. The topological polar surface area (TPSA) is 95.6 Å². The van der Waals surface area contributed by atoms with Gasteiger partial charge in [-0.3, -0.25) is 20.4 Å². The third kappa shape index (κ3) is 4.55. The molecule has 3 rings (SSSR count). The number of hydrogen-bond donors (Lipinski definition) is 2. The maximum atomic E-state index is 12.7. The van der Waals surface area contributed by atoms with Crippen LogP contribution in [0.5, 0.6) is 0 Å². The Morgan fingerprint density at radius 3 is 2.33 bits per heavy atom. The number of amides is 2. The summed E-state index contributed by atoms with van der Waals surface area (Å²) in [6.07, 6.45) is 0.817. The van der Waals surface area contributed by atoms with E-state index in [4.69, 9.17) is 0 Å². The van der Waals surface area contributed by atoms with Crippen molar-refractivity contribution in [1.82, 2.24) is 15.2 Å². The molecular weight excluding hydrogens is 386 g/mol. The van der Waals surface area contributed by atoms with E-state index in [0.717, 1.165) is 5.56 Å². The summed E-state index contributed by atoms with van der Waals surface area (Å²) in [5.41, 5.74) is 5.82. The molecule has 0 atom stereocenters. The number of benzene rings is 1. The molecule has 2 aromatic rings. The quantitative estimate of drug-likeness (QED) is 0.757. The van der Waals surface area contributed by atoms with Crippen LogP contribution in [0, 0.1) is 12.8 Å². The van der Waals surface area contributed by atoms with Gasteiger partial charge >= 0.3 is 0 Å². The zero-order valence-electron chi connectivity index (χ0n) is 14.8. The Morgan fingerprint density at radius 2 is 1.74 bits per heavy atom. The maximum absolute atomic E-state index is 12.7. The van der Waals surface area contributed by atoms with Crippen molar-refractivity contribution in [2.24, 2.45) is 5.92 Å². The fraction of sp³-hybridized carbons (Fsp3) is 0.333. The number of carbonyl (C=O) groups is 2. The number of hydrogen-bond acceptors (Lipinski definition) is 5. The third-order valence-electron chi connectivity index (χ3n) is 4.53. The number of nitrogens with zero attached hydrogens (tertiary/aromatic N) is 1. The van der Waals surface area contributed by atoms with Crippen LogP contribution in [0.4, 0.5) is 0 Å². The van der Waals surface area contributed by atoms with Gasteiger partial charge in [-0.05, 0) is 43.3 Å². The van der Waals surface area contributed by atoms with Gasteiger partial charge in [-0.15, -0.1) is 11.3 Å². The highest BCUT2D eigenvalue weighted by Crippen LogP contribution is 2.24. The van der Waals surface area contributed by atoms with Gasteiger partial charge < -0.3 is 0 Å². The van der Waals surface area contributed by atoms with Crippen LogP contribution in [0.1, 0.15) is 28.1 Å². The Kier molecular flexibility index (Phi) is 5.93. The number of rotatable bonds is 4. The number of aryl methyl sites for hydroxylation is 1. The zero-order chi connectivity index (χ0) is 19.4. The predicted molar refractivity (Wildman–Crippen MR) is 103 cm³/mol. The summed E-state index contributed by atoms with van der Waals surface area (Å²) in [6.45, 7) is 2.44. The highest BCUT2D eigenvalue weighted by molar-refractivity contribution is 7.89. The van der Waals surface area contributed by atoms with Crippen molar-refractivity contribution >= 4 is 33.2 Å². The molecule has 2 amide bonds. The SMILES string of the molecule is Cc1ccc(S(=O)(=O)N2CCC(C(=O)NNC(=O)c3cccs3)CC2)cc1. The molecule has 1 aromatic carbocycles. The van der Waals surface area contributed by atoms with E-state index in [-0.39, 0.29) is 35.7 Å². The minimum atomic E-state index is -3.55. The lowest BCUT2D eigenvalue weighted by molar-refractivity contribution is -0.126. The minimum Gasteiger partial charge on any atom is -0.273 e. The van der Waals surface area contributed by atoms with Gasteiger partial charge in [0.1, 0.15) is 0 Å². The summed E-state index contributed by atoms with van der Waals surface area (Å²) in [5, 5.41) is 1.78. The van der Waals surface area contributed by atoms with Crippen LogP contribution in [-0.2, 0) is 14.8 Å². The van der Waals surface area contributed by atoms with Crippen LogP contribution in [0.25, 0.3) is 0 Å². The van der Waals surface area contributed by atoms with Crippen LogP contribution >= 0.6 is 11.3 Å². The van der Waals surface area contributed by atoms with Crippen LogP contribution in [0.3, 0.4) is 0 Å². The highest BCUT2D eigenvalue weighted by atomic mass is 32.2. The van der Waals surface area contributed by atoms with Gasteiger partial charge in [-0.2, -0.15) is 4.31 Å². The third-order valence-corrected chi connectivity index (χ3v) is 7.31. The normalized spacial score (nSPS) is 16.0. The average Bonchev–Trinajstić information content (AvgIpc) is 3.21. The molecule has 0 spiro atoms. The Bertz CT molecular complexity index is 901. The molecule has 1 aliphatic rings. The Labute approximate surface area is 162 Å². The monoisotopic (exact) mass is 407 g/mol. The first-order chi connectivity index (χ1) is 12.9. The lowest BCUT2D eigenvalue weighted by atomic mass is 9.98. The number of hydrazine groups is 1. The van der Waals surface area contributed by atoms with Gasteiger partial charge in [0.05, 0.1) is 9.77 Å². The van der Waals surface area contributed by atoms with Crippen molar-refractivity contribution in [2.75, 3.05) is 13.1 Å². The Morgan fingerprint density at radius 1 is 1.07 bits per heavy atom. The lowest BCUT2D eigenvalue weighted by Gasteiger charge is -2.30. The average molecular weight is 408 g/mol. The Balaban J connectivity index is 1.53. The van der Waals surface area contributed by atoms with E-state index in [9.17, 15) is 18.0 Å². The van der Waals surface area contributed by atoms with Gasteiger partial charge in [0.25, 0.3) is 5.91 Å². The number of thiophene rings is 1. The van der Waals surface area contributed by atoms with Gasteiger partial charge in [-0.25, -0.2) is 8.42 Å². The molecule has 27 heavy (non-hydrogen) atoms. The van der Waals surface area contributed by atoms with Crippen LogP contribution in [-0.4, -0.2) is 37.6 Å². The highest BCUT2D eigenvalue weighted by Gasteiger charge is 2.32. The zero-order valence-corrected chi connectivity index (χ0v) is 16.5. The van der Waals surface area contributed by atoms with Crippen molar-refractivity contribution in [3.05, 3.63) is 52.2 Å². The second kappa shape index (κ2) is 8.20. The van der Waals surface area contributed by atoms with Crippen LogP contribution in [0.2, 0.25) is 0 Å². The van der Waals surface area contributed by atoms with E-state index in [2.05, 4.69) is 10.9 Å². The second-order valence-corrected chi connectivity index (χ2v) is 9.30. The summed E-state index contributed by atoms with van der Waals surface area (Å²) >= 11 is 1.28. The molecule has 0 radical (unpaired) electrons. The molecular formula is C18H21N3O4S2. The number of carbonyl (C=O) groups excluding carboxylic acids is 2. The smallest absolute Gasteiger partial charge is 0.273 e. The lowest BCUT2D eigenvalue weighted by Crippen LogP contribution is -2.48. The van der Waals surface area contributed by atoms with Crippen LogP contribution < -0.4 is 10.9 Å². The first-order valence-electron chi connectivity index (χ1n) is 8.58. The van der Waals surface area contributed by atoms with E-state index < -0.39 is 10.0 Å². The van der Waals surface area contributed by atoms with Gasteiger partial charge in [0.15, 0.2) is 0 Å². The van der Waals surface area contributed by atoms with E-state index in [1.807, 2.05) is 6.92 Å². The fourth-order valence-corrected chi connectivity index (χ4v) is 5.00. The number of nitrogens with one attached hydrogen (secondary N) is 2. The molecule has 1 fully saturated rings. The Hall–Kier alpha value is -2.23. The number of piperidine rings is 1. The van der Waals surface area contributed by atoms with Crippen molar-refractivity contribution in [3.63, 3.8) is 0 Å². The van der Waals surface area contributed by atoms with Crippen molar-refractivity contribution in [2.45, 2.75) is 24.7 Å². The molecule has 0 aliphatic carbocycles. The maximum Gasteiger partial charge on any atom is 0.279 e. The molecule has 2 heterocycles. The van der Waals surface area contributed by atoms with Crippen LogP contribution in [0.15, 0.2) is 46.7 Å². The molecule has 0 saturated carbocycles. The van der Waals surface area contributed by atoms with Gasteiger partial charge in [0, 0.05) is 19.0 Å². The molecule has 1 aliphatic heterocycles. The van der Waals surface area contributed by atoms with Gasteiger partial charge in [0.2, 0.25) is 15.9 Å². The van der Waals surface area contributed by atoms with Crippen molar-refractivity contribution in [1.29, 1.82) is 0 Å². The summed E-state index contributed by atoms with van der Waals surface area (Å²) in [4.78, 5) is 24.9. The van der Waals surface area contributed by atoms with E-state index in [0.29, 0.717) is 17.7 Å². The molecule has 1 saturated heterocycles. The number of sulfonamides is 1. The standard InChI is InChI=1S/C18H21N3O4S2/c1-13-4-6-15(7-5-13)27(24,25)21-10-8-14(9-11-21)17(22)19-20-18(23)16-3-2-12-26-16/h2-7,12,14H,8-11H2,1H3,(H,19,22)(H,20,23). The summed E-state index contributed by atoms with van der Waals surface area (Å²) < 4.78 is 26.8. The first-order valence-corrected chi connectivity index (χ1v) is 10.9. The molecule has 2 N–H and O–H groups in total. The summed E-state index contributed by atoms with van der Waals surface area (Å²) in [5.74, 6) is -0.997. The van der Waals surface area contributed by atoms with E-state index in [1.54, 1.807) is 41.8 Å². The summed E-state index contributed by atoms with van der Waals surface area (Å²) in [6, 6.07) is 10.2. The fourth-order valence-electron chi connectivity index (χ4n) is 2.91.